The van der Waals surface area contributed by atoms with E-state index < -0.39 is 236 Å². The van der Waals surface area contributed by atoms with Crippen LogP contribution in [0.5, 0.6) is 5.75 Å². The van der Waals surface area contributed by atoms with Crippen molar-refractivity contribution < 1.29 is 98.1 Å². The second kappa shape index (κ2) is 43.1. The summed E-state index contributed by atoms with van der Waals surface area (Å²) in [5.41, 5.74) is 5.91. The van der Waals surface area contributed by atoms with Crippen LogP contribution < -0.4 is 58.9 Å². The Morgan fingerprint density at radius 1 is 0.520 bits per heavy atom. The zero-order valence-corrected chi connectivity index (χ0v) is 61.0. The van der Waals surface area contributed by atoms with E-state index in [1.54, 1.807) is 27.7 Å². The van der Waals surface area contributed by atoms with Crippen molar-refractivity contribution in [2.24, 2.45) is 29.4 Å². The summed E-state index contributed by atoms with van der Waals surface area (Å²) in [4.78, 5) is 189. The summed E-state index contributed by atoms with van der Waals surface area (Å²) in [5.74, 6) is -16.7. The van der Waals surface area contributed by atoms with Gasteiger partial charge in [-0.25, -0.2) is 0 Å². The number of nitrogens with zero attached hydrogens (tertiary/aromatic N) is 2. The number of hydrogen-bond donors (Lipinski definition) is 18. The van der Waals surface area contributed by atoms with Gasteiger partial charge >= 0.3 is 0 Å². The number of nitrogens with one attached hydrogen (secondary N) is 10. The number of nitrogens with two attached hydrogens (primary N) is 1. The molecule has 18 atom stereocenters. The van der Waals surface area contributed by atoms with Gasteiger partial charge in [0, 0.05) is 45.5 Å². The molecule has 0 radical (unpaired) electrons. The lowest BCUT2D eigenvalue weighted by atomic mass is 9.94. The Hall–Kier alpha value is -8.11. The standard InChI is InChI=1S/C69H115N13O20/c1-13-16-17-18-19-21-42-33-50(89)76-51(37(8)14-2)63(96)80-55(58(91)36(6)7)65(98)72-44(29-31-83)59(92)79-54(57(90)35(4)5)66(99)73-45(27-28-49(70)88)68(101)81(12)56(38(9)15-3)67(100)75-47(34-84)61(94)78-53(40(11)86)69(102)82-30-20-22-48(82)62(95)74-46(32-41-23-25-43(87)26-24-41)60(93)77-52(39(10)85)64(97)71-42/h23-26,35-40,42,44-48,51-58,83-87,90-91H,13-22,27-34H2,1-12H3,(H2,70,88)(H,71,97)(H,72,98)(H,73,99)(H,74,95)(H,75,100)(H,76,89)(H,77,93)(H,78,94)(H,79,92)(H,80,96)/t37-,38-,39+,40+,42?,44-,45-,46+,47+,48-,51-,52-,53-,54-,55-,56-,57?,58?/m0/s1. The zero-order chi connectivity index (χ0) is 77.0. The number of hydrogen-bond acceptors (Lipinski definition) is 20. The number of phenols is 1. The van der Waals surface area contributed by atoms with Crippen LogP contribution in [0.1, 0.15) is 172 Å². The van der Waals surface area contributed by atoms with Crippen LogP contribution in [0, 0.1) is 23.7 Å². The highest BCUT2D eigenvalue weighted by Crippen LogP contribution is 2.23. The third-order valence-corrected chi connectivity index (χ3v) is 18.8. The molecule has 33 heteroatoms. The predicted octanol–water partition coefficient (Wildman–Crippen LogP) is -3.11. The molecule has 576 valence electrons. The monoisotopic (exact) mass is 1450 g/mol. The lowest BCUT2D eigenvalue weighted by Gasteiger charge is -2.36. The van der Waals surface area contributed by atoms with Crippen molar-refractivity contribution in [3.05, 3.63) is 29.8 Å². The summed E-state index contributed by atoms with van der Waals surface area (Å²) in [7, 11) is 1.16. The van der Waals surface area contributed by atoms with Crippen molar-refractivity contribution in [2.75, 3.05) is 26.8 Å². The highest BCUT2D eigenvalue weighted by Gasteiger charge is 2.45. The maximum absolute atomic E-state index is 14.8. The Kier molecular flexibility index (Phi) is 37.2. The Bertz CT molecular complexity index is 2980. The fourth-order valence-corrected chi connectivity index (χ4v) is 12.0. The van der Waals surface area contributed by atoms with E-state index in [0.717, 1.165) is 43.0 Å². The van der Waals surface area contributed by atoms with Gasteiger partial charge in [-0.15, -0.1) is 0 Å². The molecule has 33 nitrogen and oxygen atoms in total. The molecular weight excluding hydrogens is 1330 g/mol. The van der Waals surface area contributed by atoms with Crippen molar-refractivity contribution in [1.29, 1.82) is 0 Å². The van der Waals surface area contributed by atoms with Crippen LogP contribution in [0.3, 0.4) is 0 Å². The number of unbranched alkanes of at least 4 members (excludes halogenated alkanes) is 4. The Balaban J connectivity index is 2.33. The average Bonchev–Trinajstić information content (AvgIpc) is 1.49. The molecule has 0 aliphatic carbocycles. The van der Waals surface area contributed by atoms with Crippen LogP contribution >= 0.6 is 0 Å². The molecule has 13 amide bonds. The summed E-state index contributed by atoms with van der Waals surface area (Å²) in [6, 6.07) is -14.2. The topological polar surface area (TPSA) is 516 Å². The van der Waals surface area contributed by atoms with Gasteiger partial charge < -0.3 is 104 Å². The van der Waals surface area contributed by atoms with Crippen molar-refractivity contribution in [3.63, 3.8) is 0 Å². The minimum absolute atomic E-state index is 0.00601. The van der Waals surface area contributed by atoms with E-state index in [9.17, 15) is 98.1 Å². The fraction of sp³-hybridized carbons (Fsp3) is 0.725. The third kappa shape index (κ3) is 26.6. The molecule has 19 N–H and O–H groups in total. The van der Waals surface area contributed by atoms with Crippen LogP contribution in [0.15, 0.2) is 24.3 Å². The largest absolute Gasteiger partial charge is 0.508 e. The SMILES string of the molecule is CCCCCCCC1CC(=O)N[C@@H]([C@@H](C)CC)C(=O)N[C@@H](C(O)C(C)C)C(=O)N[C@@H](CCO)C(=O)N[C@@H](C(O)C(C)C)C(=O)N[C@@H](CCC(N)=O)C(=O)N(C)[C@@H]([C@@H](C)CC)C(=O)N[C@H](CO)C(=O)N[C@@H]([C@@H](C)O)C(=O)N2CCC[C@H]2C(=O)N[C@H](Cc2ccc(O)cc2)C(=O)N[C@@H]([C@@H](C)O)C(=O)N1. The molecule has 2 aliphatic heterocycles. The van der Waals surface area contributed by atoms with Crippen LogP contribution in [0.2, 0.25) is 0 Å². The van der Waals surface area contributed by atoms with Crippen molar-refractivity contribution in [2.45, 2.75) is 269 Å². The Morgan fingerprint density at radius 3 is 1.54 bits per heavy atom. The molecule has 0 aromatic heterocycles. The maximum atomic E-state index is 14.8. The Morgan fingerprint density at radius 2 is 1.01 bits per heavy atom. The van der Waals surface area contributed by atoms with Gasteiger partial charge in [-0.1, -0.05) is 119 Å². The number of aliphatic hydroxyl groups excluding tert-OH is 6. The normalized spacial score (nSPS) is 27.2. The van der Waals surface area contributed by atoms with Gasteiger partial charge in [0.25, 0.3) is 0 Å². The summed E-state index contributed by atoms with van der Waals surface area (Å²) in [6.45, 7) is 14.9. The number of fused-ring (bicyclic) bond motifs is 1. The van der Waals surface area contributed by atoms with E-state index in [2.05, 4.69) is 53.2 Å². The van der Waals surface area contributed by atoms with Crippen LogP contribution in [-0.4, -0.2) is 246 Å². The van der Waals surface area contributed by atoms with E-state index in [-0.39, 0.29) is 50.8 Å². The van der Waals surface area contributed by atoms with E-state index in [4.69, 9.17) is 5.73 Å². The molecule has 102 heavy (non-hydrogen) atoms. The van der Waals surface area contributed by atoms with Crippen molar-refractivity contribution >= 4 is 76.8 Å². The molecule has 2 aliphatic rings. The molecule has 3 unspecified atom stereocenters. The number of rotatable bonds is 24. The minimum atomic E-state index is -1.98. The molecule has 2 saturated heterocycles. The van der Waals surface area contributed by atoms with E-state index >= 15 is 0 Å². The molecule has 1 aromatic rings. The third-order valence-electron chi connectivity index (χ3n) is 18.8. The molecule has 1 aromatic carbocycles. The fourth-order valence-electron chi connectivity index (χ4n) is 12.0. The summed E-state index contributed by atoms with van der Waals surface area (Å²) in [5, 5.41) is 102. The predicted molar refractivity (Wildman–Crippen MR) is 372 cm³/mol. The number of aromatic hydroxyl groups is 1. The first-order valence-corrected chi connectivity index (χ1v) is 35.6. The van der Waals surface area contributed by atoms with E-state index in [0.29, 0.717) is 18.4 Å². The first kappa shape index (κ1) is 88.1. The molecule has 0 saturated carbocycles. The lowest BCUT2D eigenvalue weighted by molar-refractivity contribution is -0.146. The first-order valence-electron chi connectivity index (χ1n) is 35.6. The maximum Gasteiger partial charge on any atom is 0.248 e. The van der Waals surface area contributed by atoms with Crippen LogP contribution in [0.25, 0.3) is 0 Å². The highest BCUT2D eigenvalue weighted by molar-refractivity contribution is 6.00. The second-order valence-corrected chi connectivity index (χ2v) is 27.7. The van der Waals surface area contributed by atoms with Crippen LogP contribution in [-0.2, 0) is 68.7 Å². The first-order chi connectivity index (χ1) is 48.0. The Labute approximate surface area is 596 Å². The number of benzene rings is 1. The van der Waals surface area contributed by atoms with Gasteiger partial charge in [0.15, 0.2) is 0 Å². The van der Waals surface area contributed by atoms with Gasteiger partial charge in [0.1, 0.15) is 72.2 Å². The number of aliphatic hydroxyl groups is 6. The van der Waals surface area contributed by atoms with E-state index in [1.165, 1.54) is 58.9 Å². The quantitative estimate of drug-likeness (QED) is 0.0456. The van der Waals surface area contributed by atoms with Gasteiger partial charge in [0.05, 0.1) is 31.0 Å². The molecule has 2 fully saturated rings. The number of likely N-dealkylation sites (N-methyl/N-ethyl adjacent to an activating group) is 1. The zero-order valence-electron chi connectivity index (χ0n) is 61.0. The van der Waals surface area contributed by atoms with Crippen LogP contribution in [0.4, 0.5) is 0 Å². The average molecular weight is 1450 g/mol. The molecule has 2 heterocycles. The smallest absolute Gasteiger partial charge is 0.248 e. The van der Waals surface area contributed by atoms with Gasteiger partial charge in [-0.05, 0) is 87.3 Å². The number of carbonyl (C=O) groups is 13. The van der Waals surface area contributed by atoms with E-state index in [1.807, 2.05) is 6.92 Å². The highest BCUT2D eigenvalue weighted by atomic mass is 16.3. The number of primary amides is 1. The summed E-state index contributed by atoms with van der Waals surface area (Å²) >= 11 is 0. The van der Waals surface area contributed by atoms with Gasteiger partial charge in [-0.2, -0.15) is 0 Å². The molecule has 3 rings (SSSR count). The lowest BCUT2D eigenvalue weighted by Crippen LogP contribution is -2.64. The molecule has 0 spiro atoms. The van der Waals surface area contributed by atoms with Crippen molar-refractivity contribution in [1.82, 2.24) is 63.0 Å². The molecular formula is C69H115N13O20. The summed E-state index contributed by atoms with van der Waals surface area (Å²) in [6.07, 6.45) is -4.64. The number of amides is 13. The van der Waals surface area contributed by atoms with Gasteiger partial charge in [-0.3, -0.25) is 62.3 Å². The van der Waals surface area contributed by atoms with Crippen molar-refractivity contribution in [3.8, 4) is 5.75 Å². The number of phenolic OH excluding ortho intramolecular Hbond substituents is 1. The second-order valence-electron chi connectivity index (χ2n) is 27.7. The minimum Gasteiger partial charge on any atom is -0.508 e. The summed E-state index contributed by atoms with van der Waals surface area (Å²) < 4.78 is 0. The van der Waals surface area contributed by atoms with Gasteiger partial charge in [0.2, 0.25) is 76.8 Å². The number of carbonyl (C=O) groups excluding carboxylic acids is 13. The molecule has 0 bridgehead atoms.